The van der Waals surface area contributed by atoms with Gasteiger partial charge in [-0.15, -0.1) is 0 Å². The van der Waals surface area contributed by atoms with E-state index in [4.69, 9.17) is 0 Å². The molecular weight excluding hydrogens is 381 g/mol. The molecule has 1 fully saturated rings. The number of piperazine rings is 1. The fourth-order valence-electron chi connectivity index (χ4n) is 3.38. The van der Waals surface area contributed by atoms with Crippen LogP contribution >= 0.6 is 0 Å². The minimum atomic E-state index is -1.61. The summed E-state index contributed by atoms with van der Waals surface area (Å²) in [5.74, 6) is -4.89. The average molecular weight is 407 g/mol. The number of amides is 1. The standard InChI is InChI=1S/C21H25F3N4O/c1-3-27-10-12-28(13-11-27)16-6-4-15(5-7-16)25-14(2)21(29)26-18-9-8-17(22)19(23)20(18)24/h4-9,14,25H,3,10-13H2,1-2H3,(H,26,29)/p+1/t14-/m0/s1. The van der Waals surface area contributed by atoms with E-state index >= 15 is 0 Å². The quantitative estimate of drug-likeness (QED) is 0.644. The van der Waals surface area contributed by atoms with Crippen LogP contribution in [0.5, 0.6) is 0 Å². The lowest BCUT2D eigenvalue weighted by Crippen LogP contribution is -3.14. The summed E-state index contributed by atoms with van der Waals surface area (Å²) in [6.45, 7) is 9.20. The van der Waals surface area contributed by atoms with Gasteiger partial charge in [-0.25, -0.2) is 13.2 Å². The van der Waals surface area contributed by atoms with E-state index in [1.54, 1.807) is 11.8 Å². The van der Waals surface area contributed by atoms with Gasteiger partial charge in [0, 0.05) is 11.4 Å². The maximum absolute atomic E-state index is 13.7. The second kappa shape index (κ2) is 9.17. The van der Waals surface area contributed by atoms with E-state index in [9.17, 15) is 18.0 Å². The molecule has 3 rings (SSSR count). The highest BCUT2D eigenvalue weighted by Crippen LogP contribution is 2.21. The first-order chi connectivity index (χ1) is 13.9. The Bertz CT molecular complexity index is 852. The van der Waals surface area contributed by atoms with Crippen molar-refractivity contribution in [3.05, 3.63) is 53.8 Å². The van der Waals surface area contributed by atoms with Crippen molar-refractivity contribution in [3.63, 3.8) is 0 Å². The third kappa shape index (κ3) is 5.00. The van der Waals surface area contributed by atoms with Gasteiger partial charge in [0.15, 0.2) is 17.5 Å². The molecule has 0 radical (unpaired) electrons. The molecule has 0 aliphatic carbocycles. The van der Waals surface area contributed by atoms with E-state index in [2.05, 4.69) is 22.5 Å². The number of hydrogen-bond donors (Lipinski definition) is 3. The molecule has 5 nitrogen and oxygen atoms in total. The zero-order chi connectivity index (χ0) is 21.0. The van der Waals surface area contributed by atoms with Gasteiger partial charge in [0.25, 0.3) is 0 Å². The molecule has 1 saturated heterocycles. The molecule has 1 amide bonds. The second-order valence-corrected chi connectivity index (χ2v) is 7.22. The number of carbonyl (C=O) groups excluding carboxylic acids is 1. The summed E-state index contributed by atoms with van der Waals surface area (Å²) in [5.41, 5.74) is 1.47. The molecule has 0 saturated carbocycles. The number of quaternary nitrogens is 1. The van der Waals surface area contributed by atoms with E-state index in [1.807, 2.05) is 24.3 Å². The minimum Gasteiger partial charge on any atom is -0.374 e. The van der Waals surface area contributed by atoms with E-state index < -0.39 is 35.1 Å². The summed E-state index contributed by atoms with van der Waals surface area (Å²) in [4.78, 5) is 16.2. The van der Waals surface area contributed by atoms with Crippen LogP contribution in [0.3, 0.4) is 0 Å². The number of carbonyl (C=O) groups is 1. The maximum atomic E-state index is 13.7. The van der Waals surface area contributed by atoms with Gasteiger partial charge >= 0.3 is 0 Å². The third-order valence-electron chi connectivity index (χ3n) is 5.27. The lowest BCUT2D eigenvalue weighted by molar-refractivity contribution is -0.898. The van der Waals surface area contributed by atoms with Gasteiger partial charge in [0.1, 0.15) is 6.04 Å². The van der Waals surface area contributed by atoms with Crippen molar-refractivity contribution < 1.29 is 22.9 Å². The number of halogens is 3. The molecule has 2 aromatic rings. The van der Waals surface area contributed by atoms with Crippen molar-refractivity contribution in [2.45, 2.75) is 19.9 Å². The zero-order valence-corrected chi connectivity index (χ0v) is 16.6. The summed E-state index contributed by atoms with van der Waals surface area (Å²) in [6, 6.07) is 8.83. The second-order valence-electron chi connectivity index (χ2n) is 7.22. The number of nitrogens with zero attached hydrogens (tertiary/aromatic N) is 1. The number of hydrogen-bond acceptors (Lipinski definition) is 3. The van der Waals surface area contributed by atoms with Crippen LogP contribution in [0.1, 0.15) is 13.8 Å². The van der Waals surface area contributed by atoms with Crippen molar-refractivity contribution in [2.75, 3.05) is 48.3 Å². The van der Waals surface area contributed by atoms with Crippen LogP contribution in [0.15, 0.2) is 36.4 Å². The normalized spacial score (nSPS) is 15.8. The summed E-state index contributed by atoms with van der Waals surface area (Å²) in [6.07, 6.45) is 0. The lowest BCUT2D eigenvalue weighted by atomic mass is 10.2. The molecular formula is C21H26F3N4O+. The van der Waals surface area contributed by atoms with Crippen molar-refractivity contribution in [3.8, 4) is 0 Å². The smallest absolute Gasteiger partial charge is 0.246 e. The largest absolute Gasteiger partial charge is 0.374 e. The number of nitrogens with one attached hydrogen (secondary N) is 3. The van der Waals surface area contributed by atoms with Crippen LogP contribution in [0.4, 0.5) is 30.2 Å². The van der Waals surface area contributed by atoms with E-state index in [-0.39, 0.29) is 0 Å². The van der Waals surface area contributed by atoms with Crippen molar-refractivity contribution in [2.24, 2.45) is 0 Å². The predicted octanol–water partition coefficient (Wildman–Crippen LogP) is 2.27. The summed E-state index contributed by atoms with van der Waals surface area (Å²) in [5, 5.41) is 5.31. The van der Waals surface area contributed by atoms with Gasteiger partial charge in [-0.05, 0) is 50.2 Å². The SMILES string of the molecule is CC[NH+]1CCN(c2ccc(N[C@@H](C)C(=O)Nc3ccc(F)c(F)c3F)cc2)CC1. The van der Waals surface area contributed by atoms with Gasteiger partial charge in [-0.1, -0.05) is 0 Å². The molecule has 0 bridgehead atoms. The van der Waals surface area contributed by atoms with Crippen LogP contribution in [0.2, 0.25) is 0 Å². The summed E-state index contributed by atoms with van der Waals surface area (Å²) < 4.78 is 40.0. The van der Waals surface area contributed by atoms with Crippen LogP contribution in [0.25, 0.3) is 0 Å². The van der Waals surface area contributed by atoms with Crippen molar-refractivity contribution in [1.29, 1.82) is 0 Å². The highest BCUT2D eigenvalue weighted by molar-refractivity contribution is 5.96. The Kier molecular flexibility index (Phi) is 6.64. The molecule has 156 valence electrons. The monoisotopic (exact) mass is 407 g/mol. The molecule has 0 aromatic heterocycles. The highest BCUT2D eigenvalue weighted by atomic mass is 19.2. The Morgan fingerprint density at radius 1 is 1.07 bits per heavy atom. The fourth-order valence-corrected chi connectivity index (χ4v) is 3.38. The number of benzene rings is 2. The van der Waals surface area contributed by atoms with Gasteiger partial charge in [0.2, 0.25) is 5.91 Å². The summed E-state index contributed by atoms with van der Waals surface area (Å²) in [7, 11) is 0. The zero-order valence-electron chi connectivity index (χ0n) is 16.6. The van der Waals surface area contributed by atoms with Crippen molar-refractivity contribution >= 4 is 23.0 Å². The first kappa shape index (κ1) is 21.0. The van der Waals surface area contributed by atoms with Crippen LogP contribution in [-0.4, -0.2) is 44.7 Å². The van der Waals surface area contributed by atoms with Gasteiger partial charge in [-0.2, -0.15) is 0 Å². The molecule has 1 atom stereocenters. The molecule has 8 heteroatoms. The first-order valence-corrected chi connectivity index (χ1v) is 9.78. The van der Waals surface area contributed by atoms with E-state index in [1.165, 1.54) is 0 Å². The molecule has 1 aliphatic heterocycles. The van der Waals surface area contributed by atoms with Crippen molar-refractivity contribution in [1.82, 2.24) is 0 Å². The average Bonchev–Trinajstić information content (AvgIpc) is 2.74. The number of anilines is 3. The topological polar surface area (TPSA) is 48.8 Å². The lowest BCUT2D eigenvalue weighted by Gasteiger charge is -2.33. The summed E-state index contributed by atoms with van der Waals surface area (Å²) >= 11 is 0. The number of rotatable bonds is 6. The number of likely N-dealkylation sites (N-methyl/N-ethyl adjacent to an activating group) is 1. The molecule has 0 spiro atoms. The Hall–Kier alpha value is -2.74. The van der Waals surface area contributed by atoms with Gasteiger partial charge < -0.3 is 20.4 Å². The van der Waals surface area contributed by atoms with Gasteiger partial charge in [-0.3, -0.25) is 4.79 Å². The van der Waals surface area contributed by atoms with Crippen LogP contribution in [-0.2, 0) is 4.79 Å². The predicted molar refractivity (Wildman–Crippen MR) is 108 cm³/mol. The third-order valence-corrected chi connectivity index (χ3v) is 5.27. The molecule has 0 unspecified atom stereocenters. The maximum Gasteiger partial charge on any atom is 0.246 e. The Morgan fingerprint density at radius 3 is 2.34 bits per heavy atom. The fraction of sp³-hybridized carbons (Fsp3) is 0.381. The Labute approximate surface area is 168 Å². The van der Waals surface area contributed by atoms with Crippen LogP contribution < -0.4 is 20.4 Å². The van der Waals surface area contributed by atoms with E-state index in [0.29, 0.717) is 0 Å². The first-order valence-electron chi connectivity index (χ1n) is 9.78. The Balaban J connectivity index is 1.57. The van der Waals surface area contributed by atoms with Crippen LogP contribution in [0, 0.1) is 17.5 Å². The van der Waals surface area contributed by atoms with Gasteiger partial charge in [0.05, 0.1) is 38.4 Å². The van der Waals surface area contributed by atoms with E-state index in [0.717, 1.165) is 56.2 Å². The highest BCUT2D eigenvalue weighted by Gasteiger charge is 2.20. The minimum absolute atomic E-state index is 0.397. The molecule has 1 heterocycles. The molecule has 3 N–H and O–H groups in total. The Morgan fingerprint density at radius 2 is 1.72 bits per heavy atom. The molecule has 29 heavy (non-hydrogen) atoms. The molecule has 2 aromatic carbocycles. The molecule has 1 aliphatic rings.